The number of hydrogen-bond donors (Lipinski definition) is 0. The molecule has 0 amide bonds. The molecule has 0 saturated heterocycles. The van der Waals surface area contributed by atoms with Crippen molar-refractivity contribution in [3.8, 4) is 0 Å². The van der Waals surface area contributed by atoms with Gasteiger partial charge in [0.15, 0.2) is 17.2 Å². The van der Waals surface area contributed by atoms with Crippen molar-refractivity contribution in [1.82, 2.24) is 0 Å². The summed E-state index contributed by atoms with van der Waals surface area (Å²) in [6.07, 6.45) is 1.59. The standard InChI is InChI=1S/C10H11FO4.C9H11FO2/c1-2-5-15-9(14)10(11)4-3-7(12)6-8(10)13;1-2-4-9(10)5-3-7(11)6-8(9)12/h2H,1,3-6H2;2H,1,3-6H2/t;9-/m.0/s1. The summed E-state index contributed by atoms with van der Waals surface area (Å²) >= 11 is 0. The van der Waals surface area contributed by atoms with Crippen molar-refractivity contribution < 1.29 is 37.5 Å². The number of carbonyl (C=O) groups is 5. The summed E-state index contributed by atoms with van der Waals surface area (Å²) in [7, 11) is 0. The molecule has 0 aromatic rings. The van der Waals surface area contributed by atoms with E-state index in [0.29, 0.717) is 0 Å². The Morgan fingerprint density at radius 2 is 1.52 bits per heavy atom. The van der Waals surface area contributed by atoms with Crippen LogP contribution in [0.2, 0.25) is 0 Å². The third-order valence-corrected chi connectivity index (χ3v) is 4.33. The number of allylic oxidation sites excluding steroid dienone is 1. The fraction of sp³-hybridized carbons (Fsp3) is 0.526. The maximum atomic E-state index is 13.8. The molecule has 0 aromatic heterocycles. The van der Waals surface area contributed by atoms with Crippen molar-refractivity contribution >= 4 is 29.1 Å². The summed E-state index contributed by atoms with van der Waals surface area (Å²) in [6, 6.07) is 0. The van der Waals surface area contributed by atoms with Gasteiger partial charge in [-0.3, -0.25) is 19.2 Å². The Morgan fingerprint density at radius 3 is 2.00 bits per heavy atom. The lowest BCUT2D eigenvalue weighted by molar-refractivity contribution is -0.164. The van der Waals surface area contributed by atoms with Gasteiger partial charge in [-0.2, -0.15) is 0 Å². The summed E-state index contributed by atoms with van der Waals surface area (Å²) in [5.74, 6) is -3.31. The van der Waals surface area contributed by atoms with Crippen LogP contribution in [0.4, 0.5) is 8.78 Å². The zero-order valence-electron chi connectivity index (χ0n) is 14.9. The first-order chi connectivity index (χ1) is 12.6. The molecule has 2 rings (SSSR count). The molecule has 0 aromatic carbocycles. The smallest absolute Gasteiger partial charge is 0.352 e. The molecule has 8 heteroatoms. The molecule has 2 fully saturated rings. The van der Waals surface area contributed by atoms with Gasteiger partial charge < -0.3 is 4.74 Å². The molecule has 148 valence electrons. The lowest BCUT2D eigenvalue weighted by atomic mass is 9.82. The van der Waals surface area contributed by atoms with Gasteiger partial charge in [-0.05, 0) is 6.42 Å². The lowest BCUT2D eigenvalue weighted by Crippen LogP contribution is -2.47. The van der Waals surface area contributed by atoms with E-state index >= 15 is 0 Å². The molecule has 27 heavy (non-hydrogen) atoms. The van der Waals surface area contributed by atoms with Gasteiger partial charge in [0.05, 0.1) is 12.8 Å². The SMILES string of the molecule is C=CCOC(=O)C1(F)CCC(=O)CC1=O.C=CC[C@]1(F)CCC(=O)CC1=O. The van der Waals surface area contributed by atoms with Crippen LogP contribution < -0.4 is 0 Å². The minimum atomic E-state index is -2.64. The number of carbonyl (C=O) groups excluding carboxylic acids is 5. The van der Waals surface area contributed by atoms with E-state index < -0.39 is 41.7 Å². The number of halogens is 2. The predicted molar refractivity (Wildman–Crippen MR) is 91.4 cm³/mol. The minimum absolute atomic E-state index is 0.0245. The average molecular weight is 384 g/mol. The van der Waals surface area contributed by atoms with Gasteiger partial charge in [0.25, 0.3) is 5.67 Å². The zero-order chi connectivity index (χ0) is 20.7. The van der Waals surface area contributed by atoms with E-state index in [-0.39, 0.29) is 50.3 Å². The van der Waals surface area contributed by atoms with Crippen LogP contribution in [0.1, 0.15) is 44.9 Å². The largest absolute Gasteiger partial charge is 0.459 e. The van der Waals surface area contributed by atoms with Crippen LogP contribution >= 0.6 is 0 Å². The first-order valence-corrected chi connectivity index (χ1v) is 8.46. The summed E-state index contributed by atoms with van der Waals surface area (Å²) in [5.41, 5.74) is -4.45. The molecular weight excluding hydrogens is 362 g/mol. The maximum Gasteiger partial charge on any atom is 0.352 e. The molecule has 2 aliphatic carbocycles. The molecule has 0 bridgehead atoms. The highest BCUT2D eigenvalue weighted by atomic mass is 19.1. The summed E-state index contributed by atoms with van der Waals surface area (Å²) < 4.78 is 31.9. The quantitative estimate of drug-likeness (QED) is 0.410. The number of Topliss-reactive ketones (excluding diaryl/α,β-unsaturated/α-hetero) is 4. The molecule has 6 nitrogen and oxygen atoms in total. The Morgan fingerprint density at radius 1 is 0.963 bits per heavy atom. The van der Waals surface area contributed by atoms with E-state index in [1.165, 1.54) is 12.2 Å². The van der Waals surface area contributed by atoms with Gasteiger partial charge in [-0.15, -0.1) is 6.58 Å². The Kier molecular flexibility index (Phi) is 7.87. The highest BCUT2D eigenvalue weighted by molar-refractivity contribution is 6.15. The molecule has 1 unspecified atom stereocenters. The molecule has 0 aliphatic heterocycles. The number of hydrogen-bond acceptors (Lipinski definition) is 6. The van der Waals surface area contributed by atoms with E-state index in [2.05, 4.69) is 17.9 Å². The molecule has 0 N–H and O–H groups in total. The average Bonchev–Trinajstić information content (AvgIpc) is 2.61. The summed E-state index contributed by atoms with van der Waals surface area (Å²) in [5, 5.41) is 0. The zero-order valence-corrected chi connectivity index (χ0v) is 14.9. The predicted octanol–water partition coefficient (Wildman–Crippen LogP) is 2.34. The van der Waals surface area contributed by atoms with Crippen molar-refractivity contribution in [3.63, 3.8) is 0 Å². The Balaban J connectivity index is 0.000000277. The van der Waals surface area contributed by atoms with Crippen molar-refractivity contribution in [1.29, 1.82) is 0 Å². The van der Waals surface area contributed by atoms with Crippen LogP contribution in [0, 0.1) is 0 Å². The summed E-state index contributed by atoms with van der Waals surface area (Å²) in [6.45, 7) is 6.52. The molecule has 2 aliphatic rings. The van der Waals surface area contributed by atoms with Crippen molar-refractivity contribution in [3.05, 3.63) is 25.3 Å². The Labute approximate surface area is 155 Å². The van der Waals surface area contributed by atoms with E-state index in [1.54, 1.807) is 0 Å². The van der Waals surface area contributed by atoms with Gasteiger partial charge in [-0.1, -0.05) is 18.7 Å². The van der Waals surface area contributed by atoms with E-state index in [1.807, 2.05) is 0 Å². The van der Waals surface area contributed by atoms with Gasteiger partial charge >= 0.3 is 5.97 Å². The van der Waals surface area contributed by atoms with Crippen LogP contribution in [-0.2, 0) is 28.7 Å². The highest BCUT2D eigenvalue weighted by Gasteiger charge is 2.50. The van der Waals surface area contributed by atoms with Gasteiger partial charge in [0.2, 0.25) is 0 Å². The second kappa shape index (κ2) is 9.43. The molecule has 0 radical (unpaired) electrons. The normalized spacial score (nSPS) is 28.1. The first-order valence-electron chi connectivity index (χ1n) is 8.46. The minimum Gasteiger partial charge on any atom is -0.459 e. The van der Waals surface area contributed by atoms with Crippen LogP contribution in [0.25, 0.3) is 0 Å². The number of esters is 1. The lowest BCUT2D eigenvalue weighted by Gasteiger charge is -2.25. The fourth-order valence-corrected chi connectivity index (χ4v) is 2.67. The molecule has 2 atom stereocenters. The van der Waals surface area contributed by atoms with Crippen LogP contribution in [0.3, 0.4) is 0 Å². The van der Waals surface area contributed by atoms with Gasteiger partial charge in [0, 0.05) is 25.7 Å². The van der Waals surface area contributed by atoms with Crippen molar-refractivity contribution in [2.24, 2.45) is 0 Å². The third-order valence-electron chi connectivity index (χ3n) is 4.33. The van der Waals surface area contributed by atoms with Crippen LogP contribution in [0.5, 0.6) is 0 Å². The molecular formula is C19H22F2O6. The Bertz CT molecular complexity index is 671. The molecule has 0 spiro atoms. The molecule has 0 heterocycles. The second-order valence-electron chi connectivity index (χ2n) is 6.42. The second-order valence-corrected chi connectivity index (χ2v) is 6.42. The van der Waals surface area contributed by atoms with Crippen molar-refractivity contribution in [2.45, 2.75) is 56.3 Å². The molecule has 2 saturated carbocycles. The van der Waals surface area contributed by atoms with Gasteiger partial charge in [-0.25, -0.2) is 13.6 Å². The van der Waals surface area contributed by atoms with E-state index in [4.69, 9.17) is 0 Å². The third kappa shape index (κ3) is 5.74. The van der Waals surface area contributed by atoms with E-state index in [0.717, 1.165) is 0 Å². The van der Waals surface area contributed by atoms with Crippen LogP contribution in [0.15, 0.2) is 25.3 Å². The Hall–Kier alpha value is -2.51. The van der Waals surface area contributed by atoms with Crippen molar-refractivity contribution in [2.75, 3.05) is 6.61 Å². The van der Waals surface area contributed by atoms with Crippen LogP contribution in [-0.4, -0.2) is 47.0 Å². The number of ether oxygens (including phenoxy) is 1. The summed E-state index contributed by atoms with van der Waals surface area (Å²) in [4.78, 5) is 55.1. The topological polar surface area (TPSA) is 94.6 Å². The van der Waals surface area contributed by atoms with Gasteiger partial charge in [0.1, 0.15) is 18.2 Å². The highest BCUT2D eigenvalue weighted by Crippen LogP contribution is 2.30. The number of alkyl halides is 2. The monoisotopic (exact) mass is 384 g/mol. The number of ketones is 4. The number of rotatable bonds is 5. The maximum absolute atomic E-state index is 13.8. The first kappa shape index (κ1) is 22.5. The van der Waals surface area contributed by atoms with E-state index in [9.17, 15) is 32.8 Å². The fourth-order valence-electron chi connectivity index (χ4n) is 2.67.